The van der Waals surface area contributed by atoms with Crippen molar-refractivity contribution in [1.29, 1.82) is 0 Å². The van der Waals surface area contributed by atoms with E-state index in [9.17, 15) is 18.0 Å². The predicted molar refractivity (Wildman–Crippen MR) is 45.2 cm³/mol. The lowest BCUT2D eigenvalue weighted by molar-refractivity contribution is -0.138. The highest BCUT2D eigenvalue weighted by Crippen LogP contribution is 2.26. The molecule has 1 rings (SSSR count). The molecule has 0 fully saturated rings. The average Bonchev–Trinajstić information content (AvgIpc) is 2.15. The summed E-state index contributed by atoms with van der Waals surface area (Å²) in [5.41, 5.74) is -0.505. The standard InChI is InChI=1S/C9H8F3NO2/c10-6-2-1-3-13-8(6)5(9(11)12)4-7(14)15/h1-3,5,9H,4H2,(H,14,15). The van der Waals surface area contributed by atoms with E-state index in [2.05, 4.69) is 4.98 Å². The van der Waals surface area contributed by atoms with E-state index < -0.39 is 36.2 Å². The predicted octanol–water partition coefficient (Wildman–Crippen LogP) is 2.04. The van der Waals surface area contributed by atoms with E-state index in [0.717, 1.165) is 12.3 Å². The van der Waals surface area contributed by atoms with Gasteiger partial charge in [-0.2, -0.15) is 0 Å². The van der Waals surface area contributed by atoms with Gasteiger partial charge >= 0.3 is 5.97 Å². The van der Waals surface area contributed by atoms with Crippen LogP contribution in [0.4, 0.5) is 13.2 Å². The summed E-state index contributed by atoms with van der Waals surface area (Å²) in [6.45, 7) is 0. The first-order valence-corrected chi connectivity index (χ1v) is 4.12. The fraction of sp³-hybridized carbons (Fsp3) is 0.333. The number of pyridine rings is 1. The van der Waals surface area contributed by atoms with Crippen LogP contribution in [-0.4, -0.2) is 22.5 Å². The Labute approximate surface area is 83.6 Å². The zero-order valence-corrected chi connectivity index (χ0v) is 7.53. The monoisotopic (exact) mass is 219 g/mol. The van der Waals surface area contributed by atoms with Gasteiger partial charge in [-0.1, -0.05) is 0 Å². The highest BCUT2D eigenvalue weighted by molar-refractivity contribution is 5.68. The van der Waals surface area contributed by atoms with Gasteiger partial charge in [-0.3, -0.25) is 9.78 Å². The molecule has 6 heteroatoms. The van der Waals surface area contributed by atoms with Crippen molar-refractivity contribution >= 4 is 5.97 Å². The second-order valence-corrected chi connectivity index (χ2v) is 2.91. The Hall–Kier alpha value is -1.59. The summed E-state index contributed by atoms with van der Waals surface area (Å²) in [5.74, 6) is -4.03. The first kappa shape index (κ1) is 11.5. The molecule has 1 aromatic heterocycles. The average molecular weight is 219 g/mol. The zero-order chi connectivity index (χ0) is 11.4. The van der Waals surface area contributed by atoms with Crippen LogP contribution in [0.15, 0.2) is 18.3 Å². The van der Waals surface area contributed by atoms with Gasteiger partial charge in [0.1, 0.15) is 5.82 Å². The molecule has 1 N–H and O–H groups in total. The Morgan fingerprint density at radius 3 is 2.67 bits per heavy atom. The van der Waals surface area contributed by atoms with E-state index in [-0.39, 0.29) is 0 Å². The molecular formula is C9H8F3NO2. The maximum atomic E-state index is 13.1. The number of carbonyl (C=O) groups is 1. The lowest BCUT2D eigenvalue weighted by Crippen LogP contribution is -2.16. The minimum absolute atomic E-state index is 0.505. The smallest absolute Gasteiger partial charge is 0.304 e. The van der Waals surface area contributed by atoms with Gasteiger partial charge in [-0.25, -0.2) is 13.2 Å². The van der Waals surface area contributed by atoms with Crippen LogP contribution in [0.2, 0.25) is 0 Å². The Balaban J connectivity index is 2.99. The SMILES string of the molecule is O=C(O)CC(c1ncccc1F)C(F)F. The lowest BCUT2D eigenvalue weighted by Gasteiger charge is -2.13. The zero-order valence-electron chi connectivity index (χ0n) is 7.53. The summed E-state index contributed by atoms with van der Waals surface area (Å²) < 4.78 is 38.0. The molecule has 0 aromatic carbocycles. The number of aromatic nitrogens is 1. The van der Waals surface area contributed by atoms with E-state index in [1.165, 1.54) is 6.07 Å². The normalized spacial score (nSPS) is 12.8. The number of hydrogen-bond donors (Lipinski definition) is 1. The Morgan fingerprint density at radius 1 is 1.53 bits per heavy atom. The van der Waals surface area contributed by atoms with E-state index in [0.29, 0.717) is 0 Å². The summed E-state index contributed by atoms with van der Waals surface area (Å²) in [6, 6.07) is 2.22. The fourth-order valence-corrected chi connectivity index (χ4v) is 1.16. The van der Waals surface area contributed by atoms with Crippen LogP contribution in [0, 0.1) is 5.82 Å². The number of nitrogens with zero attached hydrogens (tertiary/aromatic N) is 1. The second kappa shape index (κ2) is 4.77. The summed E-state index contributed by atoms with van der Waals surface area (Å²) >= 11 is 0. The molecule has 82 valence electrons. The number of carboxylic acids is 1. The van der Waals surface area contributed by atoms with Gasteiger partial charge in [0.05, 0.1) is 18.0 Å². The molecule has 0 amide bonds. The van der Waals surface area contributed by atoms with Crippen molar-refractivity contribution in [1.82, 2.24) is 4.98 Å². The molecule has 3 nitrogen and oxygen atoms in total. The van der Waals surface area contributed by atoms with Crippen LogP contribution in [0.5, 0.6) is 0 Å². The minimum Gasteiger partial charge on any atom is -0.481 e. The molecule has 1 heterocycles. The molecule has 1 atom stereocenters. The molecule has 15 heavy (non-hydrogen) atoms. The molecule has 0 bridgehead atoms. The van der Waals surface area contributed by atoms with Crippen molar-refractivity contribution in [2.45, 2.75) is 18.8 Å². The van der Waals surface area contributed by atoms with Crippen molar-refractivity contribution in [3.05, 3.63) is 29.8 Å². The molecule has 0 spiro atoms. The van der Waals surface area contributed by atoms with E-state index in [1.54, 1.807) is 0 Å². The topological polar surface area (TPSA) is 50.2 Å². The molecule has 0 saturated heterocycles. The first-order valence-electron chi connectivity index (χ1n) is 4.12. The molecule has 0 aliphatic heterocycles. The summed E-state index contributed by atoms with van der Waals surface area (Å²) in [6.07, 6.45) is -2.65. The van der Waals surface area contributed by atoms with Gasteiger partial charge in [-0.05, 0) is 12.1 Å². The number of rotatable bonds is 4. The van der Waals surface area contributed by atoms with Gasteiger partial charge in [-0.15, -0.1) is 0 Å². The number of hydrogen-bond acceptors (Lipinski definition) is 2. The van der Waals surface area contributed by atoms with E-state index in [1.807, 2.05) is 0 Å². The Kier molecular flexibility index (Phi) is 3.65. The Bertz CT molecular complexity index is 357. The van der Waals surface area contributed by atoms with Gasteiger partial charge in [0.2, 0.25) is 6.43 Å². The van der Waals surface area contributed by atoms with Crippen molar-refractivity contribution in [3.8, 4) is 0 Å². The highest BCUT2D eigenvalue weighted by Gasteiger charge is 2.28. The Morgan fingerprint density at radius 2 is 2.20 bits per heavy atom. The molecule has 0 aliphatic rings. The van der Waals surface area contributed by atoms with Crippen LogP contribution >= 0.6 is 0 Å². The highest BCUT2D eigenvalue weighted by atomic mass is 19.3. The maximum Gasteiger partial charge on any atom is 0.304 e. The summed E-state index contributed by atoms with van der Waals surface area (Å²) in [5, 5.41) is 8.40. The molecular weight excluding hydrogens is 211 g/mol. The van der Waals surface area contributed by atoms with Crippen molar-refractivity contribution < 1.29 is 23.1 Å². The second-order valence-electron chi connectivity index (χ2n) is 2.91. The molecule has 0 radical (unpaired) electrons. The fourth-order valence-electron chi connectivity index (χ4n) is 1.16. The van der Waals surface area contributed by atoms with Crippen molar-refractivity contribution in [2.24, 2.45) is 0 Å². The maximum absolute atomic E-state index is 13.1. The van der Waals surface area contributed by atoms with E-state index in [4.69, 9.17) is 5.11 Å². The van der Waals surface area contributed by atoms with E-state index >= 15 is 0 Å². The third kappa shape index (κ3) is 2.93. The quantitative estimate of drug-likeness (QED) is 0.842. The molecule has 1 unspecified atom stereocenters. The summed E-state index contributed by atoms with van der Waals surface area (Å²) in [7, 11) is 0. The lowest BCUT2D eigenvalue weighted by atomic mass is 10.0. The number of aliphatic carboxylic acids is 1. The van der Waals surface area contributed by atoms with Crippen LogP contribution in [0.25, 0.3) is 0 Å². The first-order chi connectivity index (χ1) is 7.02. The van der Waals surface area contributed by atoms with Crippen molar-refractivity contribution in [3.63, 3.8) is 0 Å². The van der Waals surface area contributed by atoms with Gasteiger partial charge in [0, 0.05) is 6.20 Å². The summed E-state index contributed by atoms with van der Waals surface area (Å²) in [4.78, 5) is 13.7. The molecule has 1 aromatic rings. The third-order valence-electron chi connectivity index (χ3n) is 1.84. The van der Waals surface area contributed by atoms with Crippen LogP contribution in [-0.2, 0) is 4.79 Å². The van der Waals surface area contributed by atoms with Crippen LogP contribution in [0.3, 0.4) is 0 Å². The van der Waals surface area contributed by atoms with Gasteiger partial charge in [0.15, 0.2) is 0 Å². The number of alkyl halides is 2. The van der Waals surface area contributed by atoms with Crippen LogP contribution in [0.1, 0.15) is 18.0 Å². The van der Waals surface area contributed by atoms with Crippen molar-refractivity contribution in [2.75, 3.05) is 0 Å². The minimum atomic E-state index is -2.95. The molecule has 0 saturated carbocycles. The number of carboxylic acid groups (broad SMARTS) is 1. The number of halogens is 3. The van der Waals surface area contributed by atoms with Gasteiger partial charge < -0.3 is 5.11 Å². The largest absolute Gasteiger partial charge is 0.481 e. The third-order valence-corrected chi connectivity index (χ3v) is 1.84. The molecule has 0 aliphatic carbocycles. The van der Waals surface area contributed by atoms with Crippen LogP contribution < -0.4 is 0 Å². The van der Waals surface area contributed by atoms with Gasteiger partial charge in [0.25, 0.3) is 0 Å².